The van der Waals surface area contributed by atoms with Gasteiger partial charge in [0.15, 0.2) is 0 Å². The monoisotopic (exact) mass is 419 g/mol. The first-order chi connectivity index (χ1) is 14.0. The van der Waals surface area contributed by atoms with Crippen LogP contribution in [0.25, 0.3) is 4.96 Å². The standard InChI is InChI=1S/C19H29N7O2S/c1-4-22-5-7-24(8-6-22)17(28)15(3)23-9-11-25(12-10-23)19-21-26-14(2)13-16(27)20-18(26)29-19/h13,15H,4-12H2,1-3H3/t15-/m0/s1. The SMILES string of the molecule is CCN1CCN(C(=O)[C@H](C)N2CCN(c3nn4c(C)cc(=O)nc4s3)CC2)CC1. The molecule has 0 unspecified atom stereocenters. The highest BCUT2D eigenvalue weighted by Crippen LogP contribution is 2.24. The van der Waals surface area contributed by atoms with Crippen LogP contribution < -0.4 is 10.5 Å². The van der Waals surface area contributed by atoms with Crippen molar-refractivity contribution in [2.24, 2.45) is 0 Å². The molecule has 29 heavy (non-hydrogen) atoms. The van der Waals surface area contributed by atoms with Gasteiger partial charge in [-0.15, -0.1) is 5.10 Å². The number of nitrogens with zero attached hydrogens (tertiary/aromatic N) is 7. The minimum absolute atomic E-state index is 0.0954. The van der Waals surface area contributed by atoms with Gasteiger partial charge in [0.05, 0.1) is 6.04 Å². The molecule has 158 valence electrons. The van der Waals surface area contributed by atoms with Gasteiger partial charge in [-0.1, -0.05) is 18.3 Å². The number of hydrogen-bond acceptors (Lipinski definition) is 8. The number of carbonyl (C=O) groups is 1. The zero-order valence-corrected chi connectivity index (χ0v) is 18.2. The van der Waals surface area contributed by atoms with Gasteiger partial charge in [-0.05, 0) is 20.4 Å². The van der Waals surface area contributed by atoms with E-state index >= 15 is 0 Å². The van der Waals surface area contributed by atoms with Crippen molar-refractivity contribution in [2.75, 3.05) is 63.8 Å². The van der Waals surface area contributed by atoms with Crippen LogP contribution in [-0.2, 0) is 4.79 Å². The van der Waals surface area contributed by atoms with Crippen molar-refractivity contribution in [3.05, 3.63) is 22.1 Å². The number of hydrogen-bond donors (Lipinski definition) is 0. The molecule has 0 radical (unpaired) electrons. The Morgan fingerprint density at radius 3 is 2.48 bits per heavy atom. The molecule has 0 N–H and O–H groups in total. The van der Waals surface area contributed by atoms with Crippen molar-refractivity contribution in [1.29, 1.82) is 0 Å². The summed E-state index contributed by atoms with van der Waals surface area (Å²) in [6.07, 6.45) is 0. The third-order valence-electron chi connectivity index (χ3n) is 6.04. The van der Waals surface area contributed by atoms with E-state index in [9.17, 15) is 9.59 Å². The van der Waals surface area contributed by atoms with E-state index in [0.717, 1.165) is 69.7 Å². The minimum atomic E-state index is -0.227. The van der Waals surface area contributed by atoms with E-state index < -0.39 is 0 Å². The van der Waals surface area contributed by atoms with Crippen LogP contribution in [0.2, 0.25) is 0 Å². The molecule has 2 aliphatic heterocycles. The summed E-state index contributed by atoms with van der Waals surface area (Å²) in [6.45, 7) is 14.0. The highest BCUT2D eigenvalue weighted by Gasteiger charge is 2.31. The quantitative estimate of drug-likeness (QED) is 0.697. The van der Waals surface area contributed by atoms with Crippen LogP contribution >= 0.6 is 11.3 Å². The van der Waals surface area contributed by atoms with Gasteiger partial charge < -0.3 is 14.7 Å². The predicted octanol–water partition coefficient (Wildman–Crippen LogP) is 0.134. The third kappa shape index (κ3) is 4.15. The molecule has 1 amide bonds. The van der Waals surface area contributed by atoms with Crippen molar-refractivity contribution in [2.45, 2.75) is 26.8 Å². The molecule has 0 aromatic carbocycles. The number of piperazine rings is 2. The van der Waals surface area contributed by atoms with Crippen LogP contribution in [0.1, 0.15) is 19.5 Å². The lowest BCUT2D eigenvalue weighted by Gasteiger charge is -2.40. The molecule has 0 saturated carbocycles. The highest BCUT2D eigenvalue weighted by molar-refractivity contribution is 7.20. The first kappa shape index (κ1) is 20.2. The van der Waals surface area contributed by atoms with E-state index in [0.29, 0.717) is 4.96 Å². The number of anilines is 1. The fourth-order valence-electron chi connectivity index (χ4n) is 4.07. The molecule has 4 rings (SSSR count). The van der Waals surface area contributed by atoms with E-state index in [-0.39, 0.29) is 17.5 Å². The van der Waals surface area contributed by atoms with Crippen LogP contribution in [0.3, 0.4) is 0 Å². The van der Waals surface area contributed by atoms with Gasteiger partial charge in [0.1, 0.15) is 0 Å². The molecule has 10 heteroatoms. The zero-order valence-electron chi connectivity index (χ0n) is 17.4. The lowest BCUT2D eigenvalue weighted by atomic mass is 10.2. The summed E-state index contributed by atoms with van der Waals surface area (Å²) in [5, 5.41) is 5.51. The molecule has 2 aliphatic rings. The Morgan fingerprint density at radius 1 is 1.14 bits per heavy atom. The molecule has 2 fully saturated rings. The molecule has 4 heterocycles. The summed E-state index contributed by atoms with van der Waals surface area (Å²) >= 11 is 1.44. The van der Waals surface area contributed by atoms with Gasteiger partial charge >= 0.3 is 0 Å². The van der Waals surface area contributed by atoms with E-state index in [1.54, 1.807) is 4.52 Å². The maximum Gasteiger partial charge on any atom is 0.274 e. The second kappa shape index (κ2) is 8.37. The van der Waals surface area contributed by atoms with Crippen LogP contribution in [0, 0.1) is 6.92 Å². The Bertz CT molecular complexity index is 926. The smallest absolute Gasteiger partial charge is 0.274 e. The van der Waals surface area contributed by atoms with Gasteiger partial charge in [-0.3, -0.25) is 14.5 Å². The summed E-state index contributed by atoms with van der Waals surface area (Å²) in [4.78, 5) is 38.1. The van der Waals surface area contributed by atoms with Crippen molar-refractivity contribution in [3.63, 3.8) is 0 Å². The number of carbonyl (C=O) groups excluding carboxylic acids is 1. The van der Waals surface area contributed by atoms with Crippen LogP contribution in [0.5, 0.6) is 0 Å². The van der Waals surface area contributed by atoms with Gasteiger partial charge in [0, 0.05) is 64.1 Å². The van der Waals surface area contributed by atoms with Gasteiger partial charge in [0.2, 0.25) is 16.0 Å². The van der Waals surface area contributed by atoms with E-state index in [4.69, 9.17) is 0 Å². The number of likely N-dealkylation sites (N-methyl/N-ethyl adjacent to an activating group) is 1. The normalized spacial score (nSPS) is 20.4. The molecule has 2 aromatic heterocycles. The number of aryl methyl sites for hydroxylation is 1. The Labute approximate surface area is 174 Å². The number of fused-ring (bicyclic) bond motifs is 1. The fraction of sp³-hybridized carbons (Fsp3) is 0.684. The molecular formula is C19H29N7O2S. The van der Waals surface area contributed by atoms with E-state index in [1.807, 2.05) is 18.7 Å². The number of amides is 1. The van der Waals surface area contributed by atoms with E-state index in [1.165, 1.54) is 17.4 Å². The third-order valence-corrected chi connectivity index (χ3v) is 7.01. The largest absolute Gasteiger partial charge is 0.344 e. The second-order valence-corrected chi connectivity index (χ2v) is 8.71. The summed E-state index contributed by atoms with van der Waals surface area (Å²) in [5.74, 6) is 0.243. The van der Waals surface area contributed by atoms with Crippen molar-refractivity contribution >= 4 is 27.3 Å². The minimum Gasteiger partial charge on any atom is -0.344 e. The first-order valence-electron chi connectivity index (χ1n) is 10.3. The molecule has 0 spiro atoms. The molecule has 2 saturated heterocycles. The summed E-state index contributed by atoms with van der Waals surface area (Å²) in [5.41, 5.74) is 0.568. The van der Waals surface area contributed by atoms with Crippen LogP contribution in [-0.4, -0.2) is 100 Å². The zero-order chi connectivity index (χ0) is 20.5. The lowest BCUT2D eigenvalue weighted by Crippen LogP contribution is -2.57. The molecule has 1 atom stereocenters. The van der Waals surface area contributed by atoms with Crippen molar-refractivity contribution in [1.82, 2.24) is 29.3 Å². The Kier molecular flexibility index (Phi) is 5.84. The topological polar surface area (TPSA) is 77.3 Å². The van der Waals surface area contributed by atoms with Crippen LogP contribution in [0.4, 0.5) is 5.13 Å². The van der Waals surface area contributed by atoms with Gasteiger partial charge in [-0.25, -0.2) is 4.52 Å². The molecule has 2 aromatic rings. The van der Waals surface area contributed by atoms with Crippen molar-refractivity contribution < 1.29 is 4.79 Å². The van der Waals surface area contributed by atoms with Crippen LogP contribution in [0.15, 0.2) is 10.9 Å². The highest BCUT2D eigenvalue weighted by atomic mass is 32.1. The number of rotatable bonds is 4. The summed E-state index contributed by atoms with van der Waals surface area (Å²) in [6, 6.07) is 1.41. The maximum atomic E-state index is 12.9. The summed E-state index contributed by atoms with van der Waals surface area (Å²) < 4.78 is 1.73. The van der Waals surface area contributed by atoms with E-state index in [2.05, 4.69) is 31.7 Å². The maximum absolute atomic E-state index is 12.9. The summed E-state index contributed by atoms with van der Waals surface area (Å²) in [7, 11) is 0. The molecule has 9 nitrogen and oxygen atoms in total. The van der Waals surface area contributed by atoms with Gasteiger partial charge in [0.25, 0.3) is 5.56 Å². The van der Waals surface area contributed by atoms with Crippen molar-refractivity contribution in [3.8, 4) is 0 Å². The fourth-order valence-corrected chi connectivity index (χ4v) is 5.08. The average Bonchev–Trinajstić information content (AvgIpc) is 3.17. The predicted molar refractivity (Wildman–Crippen MR) is 114 cm³/mol. The Balaban J connectivity index is 1.36. The molecular weight excluding hydrogens is 390 g/mol. The lowest BCUT2D eigenvalue weighted by molar-refractivity contribution is -0.138. The molecule has 0 bridgehead atoms. The van der Waals surface area contributed by atoms with Gasteiger partial charge in [-0.2, -0.15) is 4.98 Å². The second-order valence-electron chi connectivity index (χ2n) is 7.77. The Morgan fingerprint density at radius 2 is 1.83 bits per heavy atom. The molecule has 0 aliphatic carbocycles. The first-order valence-corrected chi connectivity index (χ1v) is 11.2. The Hall–Kier alpha value is -2.04. The number of aromatic nitrogens is 3. The average molecular weight is 420 g/mol.